The number of aromatic nitrogens is 2. The fourth-order valence-corrected chi connectivity index (χ4v) is 16.3. The van der Waals surface area contributed by atoms with Crippen molar-refractivity contribution in [3.05, 3.63) is 180 Å². The van der Waals surface area contributed by atoms with Crippen molar-refractivity contribution >= 4 is 66.4 Å². The van der Waals surface area contributed by atoms with Gasteiger partial charge < -0.3 is 4.74 Å². The van der Waals surface area contributed by atoms with Crippen molar-refractivity contribution in [1.29, 1.82) is 0 Å². The number of fused-ring (bicyclic) bond motifs is 7. The van der Waals surface area contributed by atoms with Crippen LogP contribution < -0.4 is 25.5 Å². The maximum absolute atomic E-state index is 7.19. The van der Waals surface area contributed by atoms with Crippen molar-refractivity contribution in [2.24, 2.45) is 0 Å². The summed E-state index contributed by atoms with van der Waals surface area (Å²) >= 11 is 1.78. The molecule has 1 aliphatic heterocycles. The van der Waals surface area contributed by atoms with Gasteiger partial charge in [-0.15, -0.1) is 0 Å². The Bertz CT molecular complexity index is 2950. The van der Waals surface area contributed by atoms with Gasteiger partial charge in [0, 0.05) is 22.1 Å². The van der Waals surface area contributed by atoms with Crippen molar-refractivity contribution in [2.45, 2.75) is 57.8 Å². The molecule has 1 saturated carbocycles. The summed E-state index contributed by atoms with van der Waals surface area (Å²) in [7, 11) is -3.08. The first-order valence-corrected chi connectivity index (χ1v) is 23.2. The van der Waals surface area contributed by atoms with Crippen LogP contribution in [0.4, 0.5) is 0 Å². The molecular weight excluding hydrogens is 729 g/mol. The second-order valence-corrected chi connectivity index (χ2v) is 21.4. The summed E-state index contributed by atoms with van der Waals surface area (Å²) in [5.74, 6) is 2.46. The molecule has 2 aliphatic rings. The molecule has 278 valence electrons. The highest BCUT2D eigenvalue weighted by Gasteiger charge is 2.47. The quantitative estimate of drug-likeness (QED) is 0.124. The summed E-state index contributed by atoms with van der Waals surface area (Å²) in [6, 6.07) is 59.1. The second-order valence-electron chi connectivity index (χ2n) is 16.6. The normalized spacial score (nSPS) is 15.2. The van der Waals surface area contributed by atoms with Crippen LogP contribution in [0.5, 0.6) is 11.5 Å². The molecule has 57 heavy (non-hydrogen) atoms. The first kappa shape index (κ1) is 34.5. The minimum Gasteiger partial charge on any atom is -0.457 e. The minimum absolute atomic E-state index is 0.240. The molecular formula is C52H44N2OSSi. The number of para-hydroxylation sites is 3. The van der Waals surface area contributed by atoms with E-state index in [2.05, 4.69) is 183 Å². The summed E-state index contributed by atoms with van der Waals surface area (Å²) in [6.45, 7) is 6.98. The lowest BCUT2D eigenvalue weighted by atomic mass is 9.76. The summed E-state index contributed by atoms with van der Waals surface area (Å²) in [5, 5.41) is 5.32. The van der Waals surface area contributed by atoms with Crippen molar-refractivity contribution in [2.75, 3.05) is 0 Å². The maximum Gasteiger partial charge on any atom is 0.195 e. The molecule has 0 unspecified atom stereocenters. The minimum atomic E-state index is -3.08. The van der Waals surface area contributed by atoms with Crippen LogP contribution >= 0.6 is 11.3 Å². The van der Waals surface area contributed by atoms with Crippen LogP contribution in [0, 0.1) is 6.92 Å². The molecule has 0 saturated heterocycles. The predicted molar refractivity (Wildman–Crippen MR) is 242 cm³/mol. The maximum atomic E-state index is 7.19. The van der Waals surface area contributed by atoms with Gasteiger partial charge in [0.2, 0.25) is 0 Å². The highest BCUT2D eigenvalue weighted by atomic mass is 32.1. The van der Waals surface area contributed by atoms with Crippen LogP contribution in [0.3, 0.4) is 0 Å². The SMILES string of the molecule is Cc1ccc2c(nc3sc4ccccc4n32)c1-c1cc([Si](c2ccccc2)(c2ccccc2)c2cccc3c2Oc2ccccc2C3(C)C)ccc1C1CCCC1. The molecule has 0 radical (unpaired) electrons. The van der Waals surface area contributed by atoms with Gasteiger partial charge in [0.1, 0.15) is 11.5 Å². The molecule has 9 aromatic rings. The Balaban J connectivity index is 1.25. The van der Waals surface area contributed by atoms with E-state index in [1.165, 1.54) is 95.5 Å². The number of nitrogens with zero attached hydrogens (tertiary/aromatic N) is 2. The van der Waals surface area contributed by atoms with E-state index >= 15 is 0 Å². The Morgan fingerprint density at radius 3 is 2.12 bits per heavy atom. The van der Waals surface area contributed by atoms with Crippen LogP contribution in [0.15, 0.2) is 158 Å². The highest BCUT2D eigenvalue weighted by molar-refractivity contribution is 7.23. The van der Waals surface area contributed by atoms with Gasteiger partial charge in [0.05, 0.1) is 21.3 Å². The Labute approximate surface area is 339 Å². The van der Waals surface area contributed by atoms with E-state index in [0.717, 1.165) is 22.0 Å². The summed E-state index contributed by atoms with van der Waals surface area (Å²) < 4.78 is 10.8. The topological polar surface area (TPSA) is 26.5 Å². The first-order chi connectivity index (χ1) is 27.9. The van der Waals surface area contributed by atoms with Crippen LogP contribution in [0.25, 0.3) is 37.3 Å². The molecule has 1 aliphatic carbocycles. The third-order valence-electron chi connectivity index (χ3n) is 13.1. The van der Waals surface area contributed by atoms with Gasteiger partial charge in [-0.05, 0) is 87.4 Å². The lowest BCUT2D eigenvalue weighted by molar-refractivity contribution is 0.421. The Morgan fingerprint density at radius 2 is 1.35 bits per heavy atom. The third kappa shape index (κ3) is 5.11. The average molecular weight is 773 g/mol. The predicted octanol–water partition coefficient (Wildman–Crippen LogP) is 11.1. The van der Waals surface area contributed by atoms with E-state index in [-0.39, 0.29) is 5.41 Å². The molecule has 1 fully saturated rings. The van der Waals surface area contributed by atoms with Crippen molar-refractivity contribution in [1.82, 2.24) is 9.38 Å². The number of imidazole rings is 1. The molecule has 0 spiro atoms. The van der Waals surface area contributed by atoms with Gasteiger partial charge in [-0.3, -0.25) is 4.40 Å². The zero-order valence-corrected chi connectivity index (χ0v) is 34.4. The summed E-state index contributed by atoms with van der Waals surface area (Å²) in [5.41, 5.74) is 11.0. The lowest BCUT2D eigenvalue weighted by Gasteiger charge is -2.40. The molecule has 0 bridgehead atoms. The van der Waals surface area contributed by atoms with E-state index < -0.39 is 8.07 Å². The van der Waals surface area contributed by atoms with Crippen molar-refractivity contribution < 1.29 is 4.74 Å². The van der Waals surface area contributed by atoms with Crippen LogP contribution in [-0.4, -0.2) is 17.5 Å². The van der Waals surface area contributed by atoms with E-state index in [4.69, 9.17) is 9.72 Å². The monoisotopic (exact) mass is 772 g/mol. The number of hydrogen-bond acceptors (Lipinski definition) is 3. The highest BCUT2D eigenvalue weighted by Crippen LogP contribution is 2.48. The molecule has 0 amide bonds. The number of thiazole rings is 1. The number of rotatable bonds is 6. The van der Waals surface area contributed by atoms with Gasteiger partial charge in [0.25, 0.3) is 0 Å². The average Bonchev–Trinajstić information content (AvgIpc) is 3.99. The lowest BCUT2D eigenvalue weighted by Crippen LogP contribution is -2.75. The van der Waals surface area contributed by atoms with Crippen molar-refractivity contribution in [3.8, 4) is 22.6 Å². The Morgan fingerprint density at radius 1 is 0.667 bits per heavy atom. The van der Waals surface area contributed by atoms with Gasteiger partial charge in [-0.1, -0.05) is 171 Å². The number of aryl methyl sites for hydroxylation is 1. The summed E-state index contributed by atoms with van der Waals surface area (Å²) in [6.07, 6.45) is 4.99. The fraction of sp³-hybridized carbons (Fsp3) is 0.173. The second kappa shape index (κ2) is 13.2. The Hall–Kier alpha value is -5.75. The third-order valence-corrected chi connectivity index (χ3v) is 18.9. The standard InChI is InChI=1S/C52H44N2OSSi/c1-34-29-32-44-49(53-51-54(44)43-25-13-15-27-46(43)56-51)48(34)40-33-38(30-31-39(40)35-17-10-11-18-35)57(36-19-6-4-7-20-36,37-21-8-5-9-22-37)47-28-16-24-42-50(47)55-45-26-14-12-23-41(45)52(42,2)3/h4-9,12-16,19-33,35H,10-11,17-18H2,1-3H3. The smallest absolute Gasteiger partial charge is 0.195 e. The fourth-order valence-electron chi connectivity index (χ4n) is 10.4. The van der Waals surface area contributed by atoms with Crippen LogP contribution in [-0.2, 0) is 5.41 Å². The molecule has 5 heteroatoms. The van der Waals surface area contributed by atoms with Crippen molar-refractivity contribution in [3.63, 3.8) is 0 Å². The molecule has 7 aromatic carbocycles. The zero-order valence-electron chi connectivity index (χ0n) is 32.6. The zero-order chi connectivity index (χ0) is 38.3. The number of ether oxygens (including phenoxy) is 1. The largest absolute Gasteiger partial charge is 0.457 e. The molecule has 0 atom stereocenters. The number of hydrogen-bond donors (Lipinski definition) is 0. The van der Waals surface area contributed by atoms with E-state index in [0.29, 0.717) is 5.92 Å². The van der Waals surface area contributed by atoms with Gasteiger partial charge in [-0.2, -0.15) is 0 Å². The van der Waals surface area contributed by atoms with E-state index in [9.17, 15) is 0 Å². The van der Waals surface area contributed by atoms with Gasteiger partial charge in [-0.25, -0.2) is 4.98 Å². The van der Waals surface area contributed by atoms with Crippen LogP contribution in [0.1, 0.15) is 67.7 Å². The van der Waals surface area contributed by atoms with E-state index in [1.807, 2.05) is 0 Å². The molecule has 3 nitrogen and oxygen atoms in total. The first-order valence-electron chi connectivity index (χ1n) is 20.4. The summed E-state index contributed by atoms with van der Waals surface area (Å²) in [4.78, 5) is 6.54. The van der Waals surface area contributed by atoms with Crippen LogP contribution in [0.2, 0.25) is 0 Å². The van der Waals surface area contributed by atoms with Gasteiger partial charge in [0.15, 0.2) is 13.0 Å². The Kier molecular flexibility index (Phi) is 7.96. The molecule has 11 rings (SSSR count). The van der Waals surface area contributed by atoms with E-state index in [1.54, 1.807) is 11.3 Å². The molecule has 2 aromatic heterocycles. The van der Waals surface area contributed by atoms with Gasteiger partial charge >= 0.3 is 0 Å². The molecule has 3 heterocycles. The molecule has 0 N–H and O–H groups in total. The number of benzene rings is 7.